The van der Waals surface area contributed by atoms with Crippen molar-refractivity contribution in [3.05, 3.63) is 30.0 Å². The Morgan fingerprint density at radius 2 is 2.07 bits per heavy atom. The van der Waals surface area contributed by atoms with Crippen LogP contribution < -0.4 is 5.73 Å². The molecule has 3 rings (SSSR count). The number of nitrogen functional groups attached to an aromatic ring is 1. The first-order valence-corrected chi connectivity index (χ1v) is 5.48. The molecule has 2 nitrogen and oxygen atoms in total. The van der Waals surface area contributed by atoms with E-state index in [1.807, 2.05) is 6.07 Å². The Morgan fingerprint density at radius 1 is 1.27 bits per heavy atom. The van der Waals surface area contributed by atoms with Crippen molar-refractivity contribution in [2.24, 2.45) is 0 Å². The molecule has 0 amide bonds. The molecule has 0 unspecified atom stereocenters. The first kappa shape index (κ1) is 8.84. The zero-order chi connectivity index (χ0) is 10.6. The van der Waals surface area contributed by atoms with E-state index in [1.165, 1.54) is 29.4 Å². The van der Waals surface area contributed by atoms with E-state index in [1.54, 1.807) is 0 Å². The number of aromatic nitrogens is 1. The summed E-state index contributed by atoms with van der Waals surface area (Å²) in [5.74, 6) is 0. The van der Waals surface area contributed by atoms with E-state index < -0.39 is 0 Å². The first-order valence-electron chi connectivity index (χ1n) is 5.48. The maximum absolute atomic E-state index is 5.85. The fraction of sp³-hybridized carbons (Fsp3) is 0.385. The quantitative estimate of drug-likeness (QED) is 0.651. The second-order valence-electron chi connectivity index (χ2n) is 5.10. The van der Waals surface area contributed by atoms with Gasteiger partial charge in [0, 0.05) is 22.3 Å². The molecule has 1 aliphatic rings. The third kappa shape index (κ3) is 1.11. The summed E-state index contributed by atoms with van der Waals surface area (Å²) in [6.07, 6.45) is 2.41. The van der Waals surface area contributed by atoms with Crippen LogP contribution in [0.25, 0.3) is 10.9 Å². The normalized spacial score (nSPS) is 18.3. The third-order valence-electron chi connectivity index (χ3n) is 3.50. The number of anilines is 1. The first-order chi connectivity index (χ1) is 7.08. The fourth-order valence-electron chi connectivity index (χ4n) is 2.72. The van der Waals surface area contributed by atoms with Gasteiger partial charge in [0.2, 0.25) is 0 Å². The van der Waals surface area contributed by atoms with Crippen molar-refractivity contribution in [1.29, 1.82) is 0 Å². The molecule has 2 heteroatoms. The Kier molecular flexibility index (Phi) is 1.51. The Balaban J connectivity index is 2.39. The van der Waals surface area contributed by atoms with Gasteiger partial charge in [-0.2, -0.15) is 0 Å². The summed E-state index contributed by atoms with van der Waals surface area (Å²) in [7, 11) is 0. The Hall–Kier alpha value is -1.44. The molecular weight excluding hydrogens is 184 g/mol. The maximum atomic E-state index is 5.85. The van der Waals surface area contributed by atoms with Crippen LogP contribution in [0.4, 0.5) is 5.69 Å². The molecule has 78 valence electrons. The molecule has 0 fully saturated rings. The van der Waals surface area contributed by atoms with E-state index in [0.29, 0.717) is 0 Å². The van der Waals surface area contributed by atoms with Crippen LogP contribution in [0.3, 0.4) is 0 Å². The number of hydrogen-bond acceptors (Lipinski definition) is 1. The topological polar surface area (TPSA) is 30.9 Å². The number of rotatable bonds is 0. The number of nitrogens with two attached hydrogens (primary N) is 1. The van der Waals surface area contributed by atoms with Gasteiger partial charge in [-0.15, -0.1) is 0 Å². The highest BCUT2D eigenvalue weighted by Gasteiger charge is 2.30. The van der Waals surface area contributed by atoms with Crippen molar-refractivity contribution in [3.8, 4) is 0 Å². The van der Waals surface area contributed by atoms with Gasteiger partial charge < -0.3 is 10.3 Å². The van der Waals surface area contributed by atoms with Crippen LogP contribution in [0, 0.1) is 0 Å². The van der Waals surface area contributed by atoms with E-state index >= 15 is 0 Å². The zero-order valence-corrected chi connectivity index (χ0v) is 9.25. The molecule has 1 aromatic heterocycles. The fourth-order valence-corrected chi connectivity index (χ4v) is 2.72. The van der Waals surface area contributed by atoms with Gasteiger partial charge in [-0.05, 0) is 44.9 Å². The second-order valence-corrected chi connectivity index (χ2v) is 5.10. The van der Waals surface area contributed by atoms with Crippen molar-refractivity contribution in [2.45, 2.75) is 32.2 Å². The predicted molar refractivity (Wildman–Crippen MR) is 64.0 cm³/mol. The monoisotopic (exact) mass is 200 g/mol. The summed E-state index contributed by atoms with van der Waals surface area (Å²) >= 11 is 0. The largest absolute Gasteiger partial charge is 0.399 e. The summed E-state index contributed by atoms with van der Waals surface area (Å²) in [5.41, 5.74) is 9.68. The lowest BCUT2D eigenvalue weighted by Crippen LogP contribution is -2.20. The molecule has 0 spiro atoms. The average molecular weight is 200 g/mol. The third-order valence-corrected chi connectivity index (χ3v) is 3.50. The molecule has 0 saturated heterocycles. The zero-order valence-electron chi connectivity index (χ0n) is 9.25. The average Bonchev–Trinajstić information content (AvgIpc) is 2.65. The number of hydrogen-bond donors (Lipinski definition) is 1. The number of nitrogens with zero attached hydrogens (tertiary/aromatic N) is 1. The standard InChI is InChI=1S/C13H16N2/c1-13(2)6-5-11-7-9-3-4-10(14)8-12(9)15(11)13/h3-4,7-8H,5-6,14H2,1-2H3. The van der Waals surface area contributed by atoms with Gasteiger partial charge in [0.25, 0.3) is 0 Å². The van der Waals surface area contributed by atoms with E-state index in [0.717, 1.165) is 5.69 Å². The minimum atomic E-state index is 0.241. The minimum absolute atomic E-state index is 0.241. The minimum Gasteiger partial charge on any atom is -0.399 e. The molecular formula is C13H16N2. The molecule has 0 radical (unpaired) electrons. The SMILES string of the molecule is CC1(C)CCc2cc3ccc(N)cc3n21. The van der Waals surface area contributed by atoms with Crippen molar-refractivity contribution < 1.29 is 0 Å². The van der Waals surface area contributed by atoms with Crippen molar-refractivity contribution in [3.63, 3.8) is 0 Å². The number of aryl methyl sites for hydroxylation is 1. The molecule has 2 heterocycles. The van der Waals surface area contributed by atoms with E-state index in [9.17, 15) is 0 Å². The van der Waals surface area contributed by atoms with Crippen molar-refractivity contribution in [2.75, 3.05) is 5.73 Å². The summed E-state index contributed by atoms with van der Waals surface area (Å²) in [5, 5.41) is 1.31. The number of benzene rings is 1. The van der Waals surface area contributed by atoms with Crippen LogP contribution >= 0.6 is 0 Å². The van der Waals surface area contributed by atoms with Gasteiger partial charge >= 0.3 is 0 Å². The van der Waals surface area contributed by atoms with Gasteiger partial charge in [-0.25, -0.2) is 0 Å². The summed E-state index contributed by atoms with van der Waals surface area (Å²) in [6.45, 7) is 4.60. The van der Waals surface area contributed by atoms with Gasteiger partial charge in [0.1, 0.15) is 0 Å². The van der Waals surface area contributed by atoms with E-state index in [-0.39, 0.29) is 5.54 Å². The van der Waals surface area contributed by atoms with E-state index in [4.69, 9.17) is 5.73 Å². The molecule has 0 bridgehead atoms. The van der Waals surface area contributed by atoms with Crippen molar-refractivity contribution >= 4 is 16.6 Å². The van der Waals surface area contributed by atoms with Crippen LogP contribution in [-0.4, -0.2) is 4.57 Å². The summed E-state index contributed by atoms with van der Waals surface area (Å²) < 4.78 is 2.44. The molecule has 2 aromatic rings. The van der Waals surface area contributed by atoms with Crippen LogP contribution in [0.5, 0.6) is 0 Å². The van der Waals surface area contributed by atoms with Crippen LogP contribution in [0.1, 0.15) is 26.0 Å². The highest BCUT2D eigenvalue weighted by atomic mass is 15.1. The van der Waals surface area contributed by atoms with Crippen LogP contribution in [0.2, 0.25) is 0 Å². The highest BCUT2D eigenvalue weighted by molar-refractivity contribution is 5.85. The van der Waals surface area contributed by atoms with Crippen molar-refractivity contribution in [1.82, 2.24) is 4.57 Å². The Bertz CT molecular complexity index is 535. The lowest BCUT2D eigenvalue weighted by atomic mass is 10.0. The summed E-state index contributed by atoms with van der Waals surface area (Å²) in [6, 6.07) is 8.48. The smallest absolute Gasteiger partial charge is 0.0508 e. The maximum Gasteiger partial charge on any atom is 0.0508 e. The summed E-state index contributed by atoms with van der Waals surface area (Å²) in [4.78, 5) is 0. The molecule has 0 aliphatic carbocycles. The van der Waals surface area contributed by atoms with Gasteiger partial charge in [0.15, 0.2) is 0 Å². The Morgan fingerprint density at radius 3 is 2.87 bits per heavy atom. The van der Waals surface area contributed by atoms with Crippen LogP contribution in [0.15, 0.2) is 24.3 Å². The highest BCUT2D eigenvalue weighted by Crippen LogP contribution is 2.37. The molecule has 0 atom stereocenters. The predicted octanol–water partition coefficient (Wildman–Crippen LogP) is 2.90. The molecule has 0 saturated carbocycles. The molecule has 2 N–H and O–H groups in total. The lowest BCUT2D eigenvalue weighted by Gasteiger charge is -2.22. The number of fused-ring (bicyclic) bond motifs is 3. The lowest BCUT2D eigenvalue weighted by molar-refractivity contribution is 0.387. The second kappa shape index (κ2) is 2.57. The Labute approximate surface area is 89.7 Å². The van der Waals surface area contributed by atoms with Gasteiger partial charge in [0.05, 0.1) is 5.52 Å². The molecule has 1 aromatic carbocycles. The van der Waals surface area contributed by atoms with E-state index in [2.05, 4.69) is 36.6 Å². The molecule has 15 heavy (non-hydrogen) atoms. The van der Waals surface area contributed by atoms with Gasteiger partial charge in [-0.3, -0.25) is 0 Å². The van der Waals surface area contributed by atoms with Gasteiger partial charge in [-0.1, -0.05) is 6.07 Å². The van der Waals surface area contributed by atoms with Crippen LogP contribution in [-0.2, 0) is 12.0 Å². The molecule has 1 aliphatic heterocycles.